The Hall–Kier alpha value is -1.73. The number of nitrogens with zero attached hydrogens (tertiary/aromatic N) is 3. The van der Waals surface area contributed by atoms with E-state index in [9.17, 15) is 4.79 Å². The number of anilines is 1. The Morgan fingerprint density at radius 2 is 2.04 bits per heavy atom. The summed E-state index contributed by atoms with van der Waals surface area (Å²) in [6.45, 7) is 8.73. The number of aromatic nitrogens is 2. The summed E-state index contributed by atoms with van der Waals surface area (Å²) in [4.78, 5) is 24.7. The zero-order valence-electron chi connectivity index (χ0n) is 14.4. The Morgan fingerprint density at radius 1 is 1.29 bits per heavy atom. The van der Waals surface area contributed by atoms with Gasteiger partial charge >= 0.3 is 5.97 Å². The monoisotopic (exact) mass is 349 g/mol. The van der Waals surface area contributed by atoms with Gasteiger partial charge in [-0.3, -0.25) is 0 Å². The molecule has 2 aromatic rings. The Balaban J connectivity index is 1.90. The van der Waals surface area contributed by atoms with Crippen molar-refractivity contribution in [3.63, 3.8) is 0 Å². The number of carbonyl (C=O) groups excluding carboxylic acids is 1. The smallest absolute Gasteiger partial charge is 0.348 e. The Kier molecular flexibility index (Phi) is 5.30. The second-order valence-electron chi connectivity index (χ2n) is 5.80. The number of carbonyl (C=O) groups is 1. The van der Waals surface area contributed by atoms with E-state index in [1.807, 2.05) is 20.8 Å². The molecule has 130 valence electrons. The molecule has 0 saturated carbocycles. The van der Waals surface area contributed by atoms with Gasteiger partial charge in [-0.1, -0.05) is 0 Å². The molecular weight excluding hydrogens is 326 g/mol. The second-order valence-corrected chi connectivity index (χ2v) is 6.79. The van der Waals surface area contributed by atoms with Gasteiger partial charge < -0.3 is 14.4 Å². The zero-order chi connectivity index (χ0) is 17.1. The van der Waals surface area contributed by atoms with Crippen molar-refractivity contribution in [3.05, 3.63) is 16.8 Å². The molecule has 0 aromatic carbocycles. The molecule has 1 fully saturated rings. The first-order chi connectivity index (χ1) is 11.7. The topological polar surface area (TPSA) is 64.5 Å². The predicted octanol–water partition coefficient (Wildman–Crippen LogP) is 3.18. The quantitative estimate of drug-likeness (QED) is 0.773. The number of ether oxygens (including phenoxy) is 2. The van der Waals surface area contributed by atoms with E-state index in [1.54, 1.807) is 6.33 Å². The molecule has 3 heterocycles. The zero-order valence-corrected chi connectivity index (χ0v) is 15.2. The maximum absolute atomic E-state index is 12.1. The van der Waals surface area contributed by atoms with Crippen molar-refractivity contribution in [1.82, 2.24) is 9.97 Å². The average molecular weight is 349 g/mol. The molecule has 7 heteroatoms. The summed E-state index contributed by atoms with van der Waals surface area (Å²) in [7, 11) is 0. The molecule has 0 N–H and O–H groups in total. The van der Waals surface area contributed by atoms with Gasteiger partial charge in [-0.2, -0.15) is 0 Å². The summed E-state index contributed by atoms with van der Waals surface area (Å²) in [5.74, 6) is 0.637. The molecule has 1 aliphatic rings. The fourth-order valence-corrected chi connectivity index (χ4v) is 4.19. The summed E-state index contributed by atoms with van der Waals surface area (Å²) in [6.07, 6.45) is 3.90. The Bertz CT molecular complexity index is 723. The van der Waals surface area contributed by atoms with Crippen LogP contribution in [0.4, 0.5) is 5.82 Å². The van der Waals surface area contributed by atoms with Gasteiger partial charge in [0.15, 0.2) is 0 Å². The molecule has 1 aliphatic heterocycles. The van der Waals surface area contributed by atoms with Crippen molar-refractivity contribution in [3.8, 4) is 0 Å². The Labute approximate surface area is 145 Å². The Morgan fingerprint density at radius 3 is 2.71 bits per heavy atom. The normalized spacial score (nSPS) is 15.9. The highest BCUT2D eigenvalue weighted by molar-refractivity contribution is 7.20. The molecule has 0 atom stereocenters. The van der Waals surface area contributed by atoms with Crippen molar-refractivity contribution in [1.29, 1.82) is 0 Å². The van der Waals surface area contributed by atoms with Crippen LogP contribution in [0, 0.1) is 6.92 Å². The van der Waals surface area contributed by atoms with E-state index in [0.29, 0.717) is 17.6 Å². The minimum atomic E-state index is -0.279. The summed E-state index contributed by atoms with van der Waals surface area (Å²) < 4.78 is 10.9. The van der Waals surface area contributed by atoms with Gasteiger partial charge in [0.1, 0.15) is 21.9 Å². The number of hydrogen-bond donors (Lipinski definition) is 0. The van der Waals surface area contributed by atoms with E-state index < -0.39 is 0 Å². The SMILES string of the molecule is CCOC(=O)c1sc2ncnc(N3CCC(OCC)CC3)c2c1C. The van der Waals surface area contributed by atoms with Gasteiger partial charge in [0, 0.05) is 19.7 Å². The number of piperidine rings is 1. The van der Waals surface area contributed by atoms with Crippen molar-refractivity contribution in [2.75, 3.05) is 31.2 Å². The van der Waals surface area contributed by atoms with Crippen LogP contribution in [0.15, 0.2) is 6.33 Å². The fourth-order valence-electron chi connectivity index (χ4n) is 3.15. The lowest BCUT2D eigenvalue weighted by molar-refractivity contribution is 0.0458. The number of aryl methyl sites for hydroxylation is 1. The third-order valence-electron chi connectivity index (χ3n) is 4.31. The highest BCUT2D eigenvalue weighted by Gasteiger charge is 2.25. The van der Waals surface area contributed by atoms with Gasteiger partial charge in [0.05, 0.1) is 18.1 Å². The van der Waals surface area contributed by atoms with Gasteiger partial charge in [0.2, 0.25) is 0 Å². The van der Waals surface area contributed by atoms with Crippen LogP contribution in [-0.4, -0.2) is 48.3 Å². The van der Waals surface area contributed by atoms with Gasteiger partial charge in [-0.25, -0.2) is 14.8 Å². The van der Waals surface area contributed by atoms with Crippen LogP contribution in [0.25, 0.3) is 10.2 Å². The van der Waals surface area contributed by atoms with E-state index in [0.717, 1.165) is 54.1 Å². The molecule has 24 heavy (non-hydrogen) atoms. The van der Waals surface area contributed by atoms with Crippen LogP contribution in [0.3, 0.4) is 0 Å². The van der Waals surface area contributed by atoms with Crippen molar-refractivity contribution in [2.45, 2.75) is 39.7 Å². The summed E-state index contributed by atoms with van der Waals surface area (Å²) in [6, 6.07) is 0. The molecule has 2 aromatic heterocycles. The number of rotatable bonds is 5. The number of esters is 1. The van der Waals surface area contributed by atoms with Gasteiger partial charge in [0.25, 0.3) is 0 Å². The van der Waals surface area contributed by atoms with Gasteiger partial charge in [-0.15, -0.1) is 11.3 Å². The molecule has 6 nitrogen and oxygen atoms in total. The molecule has 0 unspecified atom stereocenters. The average Bonchev–Trinajstić information content (AvgIpc) is 2.93. The summed E-state index contributed by atoms with van der Waals surface area (Å²) in [5.41, 5.74) is 0.913. The lowest BCUT2D eigenvalue weighted by atomic mass is 10.1. The van der Waals surface area contributed by atoms with E-state index in [2.05, 4.69) is 14.9 Å². The minimum absolute atomic E-state index is 0.279. The number of fused-ring (bicyclic) bond motifs is 1. The lowest BCUT2D eigenvalue weighted by Gasteiger charge is -2.32. The molecule has 0 bridgehead atoms. The second kappa shape index (κ2) is 7.44. The first-order valence-corrected chi connectivity index (χ1v) is 9.25. The van der Waals surface area contributed by atoms with Crippen LogP contribution in [0.2, 0.25) is 0 Å². The van der Waals surface area contributed by atoms with Crippen molar-refractivity contribution >= 4 is 33.3 Å². The van der Waals surface area contributed by atoms with Crippen molar-refractivity contribution < 1.29 is 14.3 Å². The predicted molar refractivity (Wildman–Crippen MR) is 95.0 cm³/mol. The van der Waals surface area contributed by atoms with Crippen LogP contribution in [0.5, 0.6) is 0 Å². The van der Waals surface area contributed by atoms with Gasteiger partial charge in [-0.05, 0) is 39.2 Å². The van der Waals surface area contributed by atoms with E-state index >= 15 is 0 Å². The van der Waals surface area contributed by atoms with E-state index in [4.69, 9.17) is 9.47 Å². The molecular formula is C17H23N3O3S. The minimum Gasteiger partial charge on any atom is -0.462 e. The first kappa shape index (κ1) is 17.1. The van der Waals surface area contributed by atoms with Crippen molar-refractivity contribution in [2.24, 2.45) is 0 Å². The fraction of sp³-hybridized carbons (Fsp3) is 0.588. The van der Waals surface area contributed by atoms with Crippen LogP contribution < -0.4 is 4.90 Å². The van der Waals surface area contributed by atoms with E-state index in [1.165, 1.54) is 11.3 Å². The van der Waals surface area contributed by atoms with Crippen LogP contribution in [0.1, 0.15) is 41.9 Å². The lowest BCUT2D eigenvalue weighted by Crippen LogP contribution is -2.37. The number of hydrogen-bond acceptors (Lipinski definition) is 7. The number of thiophene rings is 1. The maximum Gasteiger partial charge on any atom is 0.348 e. The highest BCUT2D eigenvalue weighted by atomic mass is 32.1. The van der Waals surface area contributed by atoms with Crippen LogP contribution >= 0.6 is 11.3 Å². The molecule has 0 spiro atoms. The summed E-state index contributed by atoms with van der Waals surface area (Å²) in [5, 5.41) is 0.973. The van der Waals surface area contributed by atoms with E-state index in [-0.39, 0.29) is 5.97 Å². The largest absolute Gasteiger partial charge is 0.462 e. The molecule has 1 saturated heterocycles. The van der Waals surface area contributed by atoms with Crippen LogP contribution in [-0.2, 0) is 9.47 Å². The molecule has 0 aliphatic carbocycles. The molecule has 0 amide bonds. The maximum atomic E-state index is 12.1. The first-order valence-electron chi connectivity index (χ1n) is 8.43. The third-order valence-corrected chi connectivity index (χ3v) is 5.49. The summed E-state index contributed by atoms with van der Waals surface area (Å²) >= 11 is 1.38. The molecule has 0 radical (unpaired) electrons. The third kappa shape index (κ3) is 3.23. The highest BCUT2D eigenvalue weighted by Crippen LogP contribution is 2.36. The standard InChI is InChI=1S/C17H23N3O3S/c1-4-22-12-6-8-20(9-7-12)15-13-11(3)14(17(21)23-5-2)24-16(13)19-10-18-15/h10,12H,4-9H2,1-3H3. The molecule has 3 rings (SSSR count).